The number of methoxy groups -OCH3 is 1. The van der Waals surface area contributed by atoms with Crippen LogP contribution in [-0.4, -0.2) is 27.5 Å². The predicted octanol–water partition coefficient (Wildman–Crippen LogP) is 3.18. The largest absolute Gasteiger partial charge is 0.495 e. The van der Waals surface area contributed by atoms with Crippen LogP contribution in [0.5, 0.6) is 5.75 Å². The number of nitrogens with zero attached hydrogens (tertiary/aromatic N) is 1. The normalized spacial score (nSPS) is 16.7. The maximum Gasteiger partial charge on any atom is 0.264 e. The third-order valence-electron chi connectivity index (χ3n) is 4.50. The highest BCUT2D eigenvalue weighted by atomic mass is 32.2. The molecule has 2 aromatic carbocycles. The molecule has 1 atom stereocenters. The zero-order valence-electron chi connectivity index (χ0n) is 15.0. The summed E-state index contributed by atoms with van der Waals surface area (Å²) in [6.07, 6.45) is 1.62. The number of hydrogen-bond donors (Lipinski definition) is 1. The lowest BCUT2D eigenvalue weighted by Crippen LogP contribution is -2.42. The zero-order chi connectivity index (χ0) is 18.9. The van der Waals surface area contributed by atoms with Crippen molar-refractivity contribution in [1.82, 2.24) is 0 Å². The van der Waals surface area contributed by atoms with E-state index < -0.39 is 10.0 Å². The number of hydrogen-bond acceptors (Lipinski definition) is 4. The van der Waals surface area contributed by atoms with Crippen LogP contribution in [0.2, 0.25) is 0 Å². The molecule has 0 unspecified atom stereocenters. The first-order valence-electron chi connectivity index (χ1n) is 8.42. The highest BCUT2D eigenvalue weighted by Gasteiger charge is 2.34. The SMILES string of the molecule is COc1cc(S(=O)(=O)N2c3ccccc3CC[C@H]2C)ccc1NC(C)=O. The van der Waals surface area contributed by atoms with Crippen LogP contribution in [0.15, 0.2) is 47.4 Å². The van der Waals surface area contributed by atoms with Gasteiger partial charge < -0.3 is 10.1 Å². The summed E-state index contributed by atoms with van der Waals surface area (Å²) in [5.74, 6) is 0.0525. The van der Waals surface area contributed by atoms with Gasteiger partial charge in [0, 0.05) is 19.0 Å². The molecule has 1 heterocycles. The van der Waals surface area contributed by atoms with Gasteiger partial charge >= 0.3 is 0 Å². The number of benzene rings is 2. The standard InChI is InChI=1S/C19H22N2O4S/c1-13-8-9-15-6-4-5-7-18(15)21(13)26(23,24)16-10-11-17(20-14(2)22)19(12-16)25-3/h4-7,10-13H,8-9H2,1-3H3,(H,20,22)/t13-/m1/s1. The second-order valence-corrected chi connectivity index (χ2v) is 8.18. The van der Waals surface area contributed by atoms with E-state index in [0.717, 1.165) is 24.1 Å². The number of carbonyl (C=O) groups excluding carboxylic acids is 1. The van der Waals surface area contributed by atoms with Gasteiger partial charge in [0.05, 0.1) is 23.4 Å². The van der Waals surface area contributed by atoms with E-state index in [-0.39, 0.29) is 16.8 Å². The fourth-order valence-electron chi connectivity index (χ4n) is 3.26. The van der Waals surface area contributed by atoms with Crippen molar-refractivity contribution in [1.29, 1.82) is 0 Å². The quantitative estimate of drug-likeness (QED) is 0.892. The molecule has 2 aromatic rings. The smallest absolute Gasteiger partial charge is 0.264 e. The van der Waals surface area contributed by atoms with Gasteiger partial charge in [-0.15, -0.1) is 0 Å². The Morgan fingerprint density at radius 2 is 1.96 bits per heavy atom. The Morgan fingerprint density at radius 1 is 1.23 bits per heavy atom. The summed E-state index contributed by atoms with van der Waals surface area (Å²) < 4.78 is 33.4. The molecule has 26 heavy (non-hydrogen) atoms. The minimum Gasteiger partial charge on any atom is -0.495 e. The van der Waals surface area contributed by atoms with E-state index in [1.54, 1.807) is 6.07 Å². The Hall–Kier alpha value is -2.54. The molecule has 0 saturated carbocycles. The molecule has 0 bridgehead atoms. The zero-order valence-corrected chi connectivity index (χ0v) is 15.8. The molecule has 0 aromatic heterocycles. The van der Waals surface area contributed by atoms with Gasteiger partial charge in [-0.2, -0.15) is 0 Å². The molecule has 0 saturated heterocycles. The fraction of sp³-hybridized carbons (Fsp3) is 0.316. The van der Waals surface area contributed by atoms with Crippen molar-refractivity contribution in [3.63, 3.8) is 0 Å². The maximum atomic E-state index is 13.3. The van der Waals surface area contributed by atoms with Gasteiger partial charge in [-0.25, -0.2) is 8.42 Å². The van der Waals surface area contributed by atoms with Gasteiger partial charge in [-0.05, 0) is 43.5 Å². The molecule has 7 heteroatoms. The number of anilines is 2. The summed E-state index contributed by atoms with van der Waals surface area (Å²) >= 11 is 0. The van der Waals surface area contributed by atoms with Gasteiger partial charge in [0.15, 0.2) is 0 Å². The molecule has 0 fully saturated rings. The minimum atomic E-state index is -3.76. The Labute approximate surface area is 153 Å². The van der Waals surface area contributed by atoms with Crippen molar-refractivity contribution in [2.45, 2.75) is 37.6 Å². The number of aryl methyl sites for hydroxylation is 1. The molecular formula is C19H22N2O4S. The number of amides is 1. The summed E-state index contributed by atoms with van der Waals surface area (Å²) in [5, 5.41) is 2.63. The highest BCUT2D eigenvalue weighted by molar-refractivity contribution is 7.92. The molecule has 138 valence electrons. The van der Waals surface area contributed by atoms with E-state index >= 15 is 0 Å². The topological polar surface area (TPSA) is 75.7 Å². The van der Waals surface area contributed by atoms with Gasteiger partial charge in [-0.3, -0.25) is 9.10 Å². The summed E-state index contributed by atoms with van der Waals surface area (Å²) in [7, 11) is -2.32. The van der Waals surface area contributed by atoms with Gasteiger partial charge in [0.2, 0.25) is 5.91 Å². The van der Waals surface area contributed by atoms with Crippen LogP contribution in [0.4, 0.5) is 11.4 Å². The lowest BCUT2D eigenvalue weighted by Gasteiger charge is -2.36. The van der Waals surface area contributed by atoms with Crippen LogP contribution in [0.25, 0.3) is 0 Å². The van der Waals surface area contributed by atoms with E-state index in [1.807, 2.05) is 31.2 Å². The number of ether oxygens (including phenoxy) is 1. The summed E-state index contributed by atoms with van der Waals surface area (Å²) in [5.41, 5.74) is 2.18. The number of carbonyl (C=O) groups is 1. The second-order valence-electron chi connectivity index (χ2n) is 6.36. The average molecular weight is 374 g/mol. The van der Waals surface area contributed by atoms with E-state index in [9.17, 15) is 13.2 Å². The number of sulfonamides is 1. The van der Waals surface area contributed by atoms with E-state index in [4.69, 9.17) is 4.74 Å². The third kappa shape index (κ3) is 3.26. The van der Waals surface area contributed by atoms with Crippen LogP contribution in [0.3, 0.4) is 0 Å². The molecule has 1 amide bonds. The van der Waals surface area contributed by atoms with Gasteiger partial charge in [0.25, 0.3) is 10.0 Å². The molecule has 1 N–H and O–H groups in total. The van der Waals surface area contributed by atoms with E-state index in [0.29, 0.717) is 11.4 Å². The van der Waals surface area contributed by atoms with Crippen molar-refractivity contribution < 1.29 is 17.9 Å². The van der Waals surface area contributed by atoms with Crippen LogP contribution in [0, 0.1) is 0 Å². The Morgan fingerprint density at radius 3 is 2.65 bits per heavy atom. The summed E-state index contributed by atoms with van der Waals surface area (Å²) in [6.45, 7) is 3.30. The van der Waals surface area contributed by atoms with E-state index in [2.05, 4.69) is 5.32 Å². The number of rotatable bonds is 4. The number of nitrogens with one attached hydrogen (secondary N) is 1. The Kier molecular flexibility index (Phi) is 4.91. The first-order chi connectivity index (χ1) is 12.3. The second kappa shape index (κ2) is 6.99. The van der Waals surface area contributed by atoms with Crippen LogP contribution in [0.1, 0.15) is 25.8 Å². The van der Waals surface area contributed by atoms with Gasteiger partial charge in [-0.1, -0.05) is 18.2 Å². The van der Waals surface area contributed by atoms with Crippen molar-refractivity contribution in [3.05, 3.63) is 48.0 Å². The third-order valence-corrected chi connectivity index (χ3v) is 6.43. The van der Waals surface area contributed by atoms with Crippen molar-refractivity contribution in [2.75, 3.05) is 16.7 Å². The molecule has 1 aliphatic heterocycles. The predicted molar refractivity (Wildman–Crippen MR) is 101 cm³/mol. The molecule has 0 spiro atoms. The van der Waals surface area contributed by atoms with Crippen molar-refractivity contribution in [2.24, 2.45) is 0 Å². The lowest BCUT2D eigenvalue weighted by atomic mass is 9.99. The monoisotopic (exact) mass is 374 g/mol. The molecule has 1 aliphatic rings. The molecule has 0 aliphatic carbocycles. The summed E-state index contributed by atoms with van der Waals surface area (Å²) in [6, 6.07) is 11.9. The van der Waals surface area contributed by atoms with Crippen LogP contribution < -0.4 is 14.4 Å². The molecule has 6 nitrogen and oxygen atoms in total. The highest BCUT2D eigenvalue weighted by Crippen LogP contribution is 2.37. The Bertz CT molecular complexity index is 940. The minimum absolute atomic E-state index is 0.131. The van der Waals surface area contributed by atoms with Crippen molar-refractivity contribution >= 4 is 27.3 Å². The fourth-order valence-corrected chi connectivity index (χ4v) is 5.00. The number of para-hydroxylation sites is 1. The van der Waals surface area contributed by atoms with Crippen LogP contribution in [-0.2, 0) is 21.2 Å². The first kappa shape index (κ1) is 18.3. The Balaban J connectivity index is 2.07. The maximum absolute atomic E-state index is 13.3. The lowest BCUT2D eigenvalue weighted by molar-refractivity contribution is -0.114. The molecule has 0 radical (unpaired) electrons. The molecule has 3 rings (SSSR count). The van der Waals surface area contributed by atoms with Crippen molar-refractivity contribution in [3.8, 4) is 5.75 Å². The first-order valence-corrected chi connectivity index (χ1v) is 9.86. The number of fused-ring (bicyclic) bond motifs is 1. The van der Waals surface area contributed by atoms with Crippen LogP contribution >= 0.6 is 0 Å². The summed E-state index contributed by atoms with van der Waals surface area (Å²) in [4.78, 5) is 11.4. The average Bonchev–Trinajstić information content (AvgIpc) is 2.61. The molecular weight excluding hydrogens is 352 g/mol. The van der Waals surface area contributed by atoms with E-state index in [1.165, 1.54) is 30.5 Å². The van der Waals surface area contributed by atoms with Gasteiger partial charge in [0.1, 0.15) is 5.75 Å².